The van der Waals surface area contributed by atoms with E-state index in [9.17, 15) is 18.0 Å². The predicted molar refractivity (Wildman–Crippen MR) is 86.7 cm³/mol. The van der Waals surface area contributed by atoms with Crippen molar-refractivity contribution >= 4 is 40.7 Å². The van der Waals surface area contributed by atoms with Crippen molar-refractivity contribution < 1.29 is 18.0 Å². The van der Waals surface area contributed by atoms with Crippen molar-refractivity contribution in [1.29, 1.82) is 0 Å². The maximum absolute atomic E-state index is 12.5. The molecule has 1 aromatic heterocycles. The Balaban J connectivity index is 2.01. The van der Waals surface area contributed by atoms with E-state index in [0.29, 0.717) is 6.20 Å². The molecule has 0 unspecified atom stereocenters. The van der Waals surface area contributed by atoms with Crippen LogP contribution < -0.4 is 5.32 Å². The molecule has 0 fully saturated rings. The average molecular weight is 398 g/mol. The third-order valence-corrected chi connectivity index (χ3v) is 4.04. The highest BCUT2D eigenvalue weighted by molar-refractivity contribution is 6.39. The SMILES string of the molecule is O=C(NCCc1ncc(C(F)(F)F)cc1Cl)c1c(Cl)cccc1Cl. The van der Waals surface area contributed by atoms with Crippen LogP contribution in [0.1, 0.15) is 21.6 Å². The molecule has 1 aromatic carbocycles. The molecule has 0 aliphatic heterocycles. The zero-order valence-electron chi connectivity index (χ0n) is 11.9. The summed E-state index contributed by atoms with van der Waals surface area (Å²) in [5.41, 5.74) is -0.550. The van der Waals surface area contributed by atoms with Gasteiger partial charge in [-0.15, -0.1) is 0 Å². The van der Waals surface area contributed by atoms with Crippen molar-refractivity contribution in [3.63, 3.8) is 0 Å². The second kappa shape index (κ2) is 7.59. The lowest BCUT2D eigenvalue weighted by atomic mass is 10.2. The third kappa shape index (κ3) is 4.53. The number of benzene rings is 1. The van der Waals surface area contributed by atoms with E-state index in [2.05, 4.69) is 10.3 Å². The molecular weight excluding hydrogens is 388 g/mol. The van der Waals surface area contributed by atoms with E-state index in [0.717, 1.165) is 6.07 Å². The number of pyridine rings is 1. The molecule has 1 amide bonds. The Hall–Kier alpha value is -1.50. The van der Waals surface area contributed by atoms with E-state index in [-0.39, 0.29) is 39.3 Å². The van der Waals surface area contributed by atoms with Crippen LogP contribution in [0.3, 0.4) is 0 Å². The molecule has 128 valence electrons. The van der Waals surface area contributed by atoms with Crippen molar-refractivity contribution in [2.75, 3.05) is 6.54 Å². The van der Waals surface area contributed by atoms with Crippen LogP contribution in [-0.2, 0) is 12.6 Å². The lowest BCUT2D eigenvalue weighted by molar-refractivity contribution is -0.137. The van der Waals surface area contributed by atoms with Crippen molar-refractivity contribution in [3.05, 3.63) is 62.4 Å². The fraction of sp³-hybridized carbons (Fsp3) is 0.200. The number of rotatable bonds is 4. The molecule has 2 rings (SSSR count). The Kier molecular flexibility index (Phi) is 5.96. The second-order valence-corrected chi connectivity index (χ2v) is 5.97. The van der Waals surface area contributed by atoms with Crippen LogP contribution in [0.25, 0.3) is 0 Å². The Labute approximate surface area is 150 Å². The fourth-order valence-corrected chi connectivity index (χ4v) is 2.73. The first-order chi connectivity index (χ1) is 11.2. The third-order valence-electron chi connectivity index (χ3n) is 3.08. The number of alkyl halides is 3. The van der Waals surface area contributed by atoms with Gasteiger partial charge in [-0.3, -0.25) is 9.78 Å². The first-order valence-electron chi connectivity index (χ1n) is 6.64. The summed E-state index contributed by atoms with van der Waals surface area (Å²) in [5, 5.41) is 2.86. The molecule has 3 nitrogen and oxygen atoms in total. The van der Waals surface area contributed by atoms with Crippen LogP contribution in [0.5, 0.6) is 0 Å². The van der Waals surface area contributed by atoms with Crippen LogP contribution in [0, 0.1) is 0 Å². The van der Waals surface area contributed by atoms with Crippen LogP contribution in [0.4, 0.5) is 13.2 Å². The molecule has 1 heterocycles. The van der Waals surface area contributed by atoms with Gasteiger partial charge in [0.1, 0.15) is 0 Å². The highest BCUT2D eigenvalue weighted by atomic mass is 35.5. The number of aromatic nitrogens is 1. The molecule has 0 spiro atoms. The fourth-order valence-electron chi connectivity index (χ4n) is 1.90. The van der Waals surface area contributed by atoms with Gasteiger partial charge >= 0.3 is 6.18 Å². The zero-order valence-corrected chi connectivity index (χ0v) is 14.2. The number of amides is 1. The van der Waals surface area contributed by atoms with Crippen molar-refractivity contribution in [3.8, 4) is 0 Å². The minimum atomic E-state index is -4.51. The monoisotopic (exact) mass is 396 g/mol. The quantitative estimate of drug-likeness (QED) is 0.786. The van der Waals surface area contributed by atoms with E-state index in [1.165, 1.54) is 12.1 Å². The number of nitrogens with one attached hydrogen (secondary N) is 1. The van der Waals surface area contributed by atoms with Crippen molar-refractivity contribution in [2.24, 2.45) is 0 Å². The average Bonchev–Trinajstić information content (AvgIpc) is 2.47. The summed E-state index contributed by atoms with van der Waals surface area (Å²) in [7, 11) is 0. The number of nitrogens with zero attached hydrogens (tertiary/aromatic N) is 1. The van der Waals surface area contributed by atoms with E-state index >= 15 is 0 Å². The van der Waals surface area contributed by atoms with Gasteiger partial charge in [-0.25, -0.2) is 0 Å². The molecule has 1 N–H and O–H groups in total. The number of hydrogen-bond donors (Lipinski definition) is 1. The molecule has 24 heavy (non-hydrogen) atoms. The molecule has 9 heteroatoms. The summed E-state index contributed by atoms with van der Waals surface area (Å²) in [6.45, 7) is 0.110. The molecule has 0 radical (unpaired) electrons. The molecule has 0 atom stereocenters. The van der Waals surface area contributed by atoms with E-state index in [1.807, 2.05) is 0 Å². The van der Waals surface area contributed by atoms with Gasteiger partial charge in [-0.05, 0) is 18.2 Å². The predicted octanol–water partition coefficient (Wildman–Crippen LogP) is 5.03. The largest absolute Gasteiger partial charge is 0.417 e. The van der Waals surface area contributed by atoms with Crippen molar-refractivity contribution in [2.45, 2.75) is 12.6 Å². The summed E-state index contributed by atoms with van der Waals surface area (Å²) < 4.78 is 37.6. The van der Waals surface area contributed by atoms with Gasteiger partial charge in [0, 0.05) is 19.2 Å². The summed E-state index contributed by atoms with van der Waals surface area (Å²) in [5.74, 6) is -0.492. The maximum Gasteiger partial charge on any atom is 0.417 e. The van der Waals surface area contributed by atoms with Gasteiger partial charge in [-0.1, -0.05) is 40.9 Å². The standard InChI is InChI=1S/C15H10Cl3F3N2O/c16-9-2-1-3-10(17)13(9)14(24)22-5-4-12-11(18)6-8(7-23-12)15(19,20)21/h1-3,6-7H,4-5H2,(H,22,24). The van der Waals surface area contributed by atoms with Crippen LogP contribution in [0.2, 0.25) is 15.1 Å². The van der Waals surface area contributed by atoms with E-state index in [4.69, 9.17) is 34.8 Å². The number of carbonyl (C=O) groups is 1. The first-order valence-corrected chi connectivity index (χ1v) is 7.77. The van der Waals surface area contributed by atoms with E-state index in [1.54, 1.807) is 6.07 Å². The normalized spacial score (nSPS) is 11.4. The minimum absolute atomic E-state index is 0.110. The van der Waals surface area contributed by atoms with Gasteiger partial charge in [0.2, 0.25) is 0 Å². The van der Waals surface area contributed by atoms with Crippen LogP contribution >= 0.6 is 34.8 Å². The molecule has 0 saturated heterocycles. The smallest absolute Gasteiger partial charge is 0.352 e. The Morgan fingerprint density at radius 3 is 2.29 bits per heavy atom. The molecule has 0 bridgehead atoms. The minimum Gasteiger partial charge on any atom is -0.352 e. The molecular formula is C15H10Cl3F3N2O. The highest BCUT2D eigenvalue weighted by Gasteiger charge is 2.31. The summed E-state index contributed by atoms with van der Waals surface area (Å²) in [6.07, 6.45) is -3.65. The van der Waals surface area contributed by atoms with Gasteiger partial charge in [-0.2, -0.15) is 13.2 Å². The Bertz CT molecular complexity index is 746. The van der Waals surface area contributed by atoms with Gasteiger partial charge in [0.15, 0.2) is 0 Å². The summed E-state index contributed by atoms with van der Waals surface area (Å²) >= 11 is 17.6. The topological polar surface area (TPSA) is 42.0 Å². The van der Waals surface area contributed by atoms with Crippen LogP contribution in [0.15, 0.2) is 30.5 Å². The van der Waals surface area contributed by atoms with Crippen LogP contribution in [-0.4, -0.2) is 17.4 Å². The molecule has 0 aliphatic carbocycles. The van der Waals surface area contributed by atoms with Gasteiger partial charge in [0.25, 0.3) is 5.91 Å². The van der Waals surface area contributed by atoms with E-state index < -0.39 is 17.6 Å². The number of carbonyl (C=O) groups excluding carboxylic acids is 1. The molecule has 0 saturated carbocycles. The number of hydrogen-bond acceptors (Lipinski definition) is 2. The van der Waals surface area contributed by atoms with Gasteiger partial charge < -0.3 is 5.32 Å². The zero-order chi connectivity index (χ0) is 17.9. The molecule has 2 aromatic rings. The second-order valence-electron chi connectivity index (χ2n) is 4.75. The van der Waals surface area contributed by atoms with Crippen molar-refractivity contribution in [1.82, 2.24) is 10.3 Å². The lowest BCUT2D eigenvalue weighted by Gasteiger charge is -2.10. The number of halogens is 6. The molecule has 0 aliphatic rings. The first kappa shape index (κ1) is 18.8. The Morgan fingerprint density at radius 1 is 1.12 bits per heavy atom. The summed E-state index contributed by atoms with van der Waals surface area (Å²) in [4.78, 5) is 15.8. The summed E-state index contributed by atoms with van der Waals surface area (Å²) in [6, 6.07) is 5.46. The maximum atomic E-state index is 12.5. The lowest BCUT2D eigenvalue weighted by Crippen LogP contribution is -2.26. The Morgan fingerprint density at radius 2 is 1.75 bits per heavy atom. The van der Waals surface area contributed by atoms with Gasteiger partial charge in [0.05, 0.1) is 31.9 Å². The highest BCUT2D eigenvalue weighted by Crippen LogP contribution is 2.31.